The lowest BCUT2D eigenvalue weighted by molar-refractivity contribution is -0.163. The van der Waals surface area contributed by atoms with Crippen molar-refractivity contribution in [3.63, 3.8) is 0 Å². The first kappa shape index (κ1) is 19.7. The number of unbranched alkanes of at least 4 members (excludes halogenated alkanes) is 1. The van der Waals surface area contributed by atoms with Crippen molar-refractivity contribution in [1.29, 1.82) is 0 Å². The van der Waals surface area contributed by atoms with E-state index in [0.717, 1.165) is 6.42 Å². The number of carbonyl (C=O) groups excluding carboxylic acids is 1. The van der Waals surface area contributed by atoms with Gasteiger partial charge in [-0.05, 0) is 19.3 Å². The van der Waals surface area contributed by atoms with Crippen molar-refractivity contribution in [2.45, 2.75) is 58.5 Å². The maximum absolute atomic E-state index is 12.3. The van der Waals surface area contributed by atoms with Crippen LogP contribution in [0.1, 0.15) is 52.4 Å². The molecule has 0 aliphatic heterocycles. The molecule has 0 bridgehead atoms. The molecule has 0 spiro atoms. The molecule has 0 saturated carbocycles. The van der Waals surface area contributed by atoms with Crippen LogP contribution in [0.15, 0.2) is 0 Å². The van der Waals surface area contributed by atoms with E-state index in [-0.39, 0.29) is 13.0 Å². The van der Waals surface area contributed by atoms with Crippen LogP contribution < -0.4 is 0 Å². The van der Waals surface area contributed by atoms with Gasteiger partial charge >= 0.3 is 18.1 Å². The van der Waals surface area contributed by atoms with Crippen molar-refractivity contribution < 1.29 is 32.6 Å². The Hall–Kier alpha value is -1.27. The molecule has 0 amide bonds. The molecular formula is C14H23F3O4. The summed E-state index contributed by atoms with van der Waals surface area (Å²) in [6.07, 6.45) is -4.15. The van der Waals surface area contributed by atoms with Gasteiger partial charge in [-0.3, -0.25) is 9.59 Å². The molecule has 7 heteroatoms. The van der Waals surface area contributed by atoms with Crippen LogP contribution in [0, 0.1) is 11.8 Å². The molecule has 2 atom stereocenters. The van der Waals surface area contributed by atoms with Gasteiger partial charge in [0.2, 0.25) is 0 Å². The van der Waals surface area contributed by atoms with Crippen molar-refractivity contribution >= 4 is 11.9 Å². The minimum Gasteiger partial charge on any atom is -0.481 e. The molecule has 0 radical (unpaired) electrons. The monoisotopic (exact) mass is 312 g/mol. The summed E-state index contributed by atoms with van der Waals surface area (Å²) in [6.45, 7) is 3.71. The number of rotatable bonds is 10. The predicted octanol–water partition coefficient (Wildman–Crippen LogP) is 3.79. The summed E-state index contributed by atoms with van der Waals surface area (Å²) >= 11 is 0. The molecule has 0 heterocycles. The minimum atomic E-state index is -4.42. The Bertz CT molecular complexity index is 329. The second kappa shape index (κ2) is 9.63. The fraction of sp³-hybridized carbons (Fsp3) is 0.857. The maximum atomic E-state index is 12.3. The third kappa shape index (κ3) is 8.57. The maximum Gasteiger partial charge on any atom is 0.389 e. The van der Waals surface area contributed by atoms with Crippen molar-refractivity contribution in [3.05, 3.63) is 0 Å². The Morgan fingerprint density at radius 1 is 1.10 bits per heavy atom. The largest absolute Gasteiger partial charge is 0.481 e. The zero-order chi connectivity index (χ0) is 16.5. The molecule has 0 aliphatic carbocycles. The van der Waals surface area contributed by atoms with Gasteiger partial charge in [0, 0.05) is 6.42 Å². The van der Waals surface area contributed by atoms with E-state index in [2.05, 4.69) is 0 Å². The van der Waals surface area contributed by atoms with E-state index >= 15 is 0 Å². The first-order chi connectivity index (χ1) is 9.72. The number of alkyl halides is 3. The smallest absolute Gasteiger partial charge is 0.389 e. The van der Waals surface area contributed by atoms with Gasteiger partial charge in [0.15, 0.2) is 0 Å². The van der Waals surface area contributed by atoms with Gasteiger partial charge in [0.05, 0.1) is 18.4 Å². The first-order valence-corrected chi connectivity index (χ1v) is 7.19. The molecule has 0 rings (SSSR count). The standard InChI is InChI=1S/C14H23F3O4/c1-3-5-9-21-13(20)11(7-8-14(15,16)17)10(6-4-2)12(18)19/h10-11H,3-9H2,1-2H3,(H,18,19)/t10-,11+/m1/s1. The number of carbonyl (C=O) groups is 2. The molecule has 124 valence electrons. The lowest BCUT2D eigenvalue weighted by Gasteiger charge is -2.22. The van der Waals surface area contributed by atoms with Gasteiger partial charge in [-0.2, -0.15) is 13.2 Å². The Morgan fingerprint density at radius 2 is 1.71 bits per heavy atom. The van der Waals surface area contributed by atoms with Crippen molar-refractivity contribution in [2.75, 3.05) is 6.61 Å². The average Bonchev–Trinajstić information content (AvgIpc) is 2.36. The molecule has 0 unspecified atom stereocenters. The van der Waals surface area contributed by atoms with Crippen molar-refractivity contribution in [3.8, 4) is 0 Å². The average molecular weight is 312 g/mol. The van der Waals surface area contributed by atoms with Crippen LogP contribution in [0.25, 0.3) is 0 Å². The molecule has 0 aliphatic rings. The van der Waals surface area contributed by atoms with E-state index in [0.29, 0.717) is 12.8 Å². The van der Waals surface area contributed by atoms with Gasteiger partial charge in [-0.15, -0.1) is 0 Å². The lowest BCUT2D eigenvalue weighted by Crippen LogP contribution is -2.32. The van der Waals surface area contributed by atoms with Crippen LogP contribution in [0.3, 0.4) is 0 Å². The number of carboxylic acid groups (broad SMARTS) is 1. The number of halogens is 3. The third-order valence-corrected chi connectivity index (χ3v) is 3.19. The summed E-state index contributed by atoms with van der Waals surface area (Å²) in [6, 6.07) is 0. The molecular weight excluding hydrogens is 289 g/mol. The summed E-state index contributed by atoms with van der Waals surface area (Å²) in [4.78, 5) is 23.1. The van der Waals surface area contributed by atoms with E-state index in [4.69, 9.17) is 9.84 Å². The van der Waals surface area contributed by atoms with Gasteiger partial charge in [0.25, 0.3) is 0 Å². The normalized spacial score (nSPS) is 14.5. The summed E-state index contributed by atoms with van der Waals surface area (Å²) in [5.41, 5.74) is 0. The van der Waals surface area contributed by atoms with Crippen molar-refractivity contribution in [1.82, 2.24) is 0 Å². The minimum absolute atomic E-state index is 0.107. The molecule has 21 heavy (non-hydrogen) atoms. The van der Waals surface area contributed by atoms with Crippen LogP contribution in [0.4, 0.5) is 13.2 Å². The van der Waals surface area contributed by atoms with E-state index in [1.165, 1.54) is 0 Å². The number of ether oxygens (including phenoxy) is 1. The van der Waals surface area contributed by atoms with Crippen LogP contribution in [0.5, 0.6) is 0 Å². The van der Waals surface area contributed by atoms with Crippen LogP contribution in [0.2, 0.25) is 0 Å². The van der Waals surface area contributed by atoms with E-state index in [9.17, 15) is 22.8 Å². The number of hydrogen-bond donors (Lipinski definition) is 1. The Kier molecular flexibility index (Phi) is 9.05. The highest BCUT2D eigenvalue weighted by Gasteiger charge is 2.38. The molecule has 0 fully saturated rings. The van der Waals surface area contributed by atoms with E-state index in [1.807, 2.05) is 6.92 Å². The first-order valence-electron chi connectivity index (χ1n) is 7.19. The van der Waals surface area contributed by atoms with Crippen LogP contribution in [-0.2, 0) is 14.3 Å². The molecule has 0 saturated heterocycles. The zero-order valence-corrected chi connectivity index (χ0v) is 12.4. The SMILES string of the molecule is CCCCOC(=O)[C@@H](CCC(F)(F)F)[C@@H](CCC)C(=O)O. The van der Waals surface area contributed by atoms with Gasteiger partial charge in [-0.25, -0.2) is 0 Å². The summed E-state index contributed by atoms with van der Waals surface area (Å²) in [5, 5.41) is 9.14. The fourth-order valence-corrected chi connectivity index (χ4v) is 2.03. The highest BCUT2D eigenvalue weighted by molar-refractivity contribution is 5.81. The summed E-state index contributed by atoms with van der Waals surface area (Å²) in [7, 11) is 0. The molecule has 0 aromatic rings. The van der Waals surface area contributed by atoms with Crippen LogP contribution >= 0.6 is 0 Å². The van der Waals surface area contributed by atoms with E-state index < -0.39 is 42.8 Å². The number of aliphatic carboxylic acids is 1. The Balaban J connectivity index is 4.87. The van der Waals surface area contributed by atoms with Crippen LogP contribution in [-0.4, -0.2) is 29.8 Å². The van der Waals surface area contributed by atoms with Gasteiger partial charge in [-0.1, -0.05) is 26.7 Å². The topological polar surface area (TPSA) is 63.6 Å². The highest BCUT2D eigenvalue weighted by atomic mass is 19.4. The quantitative estimate of drug-likeness (QED) is 0.492. The Labute approximate surface area is 122 Å². The highest BCUT2D eigenvalue weighted by Crippen LogP contribution is 2.30. The predicted molar refractivity (Wildman–Crippen MR) is 70.7 cm³/mol. The molecule has 0 aromatic carbocycles. The molecule has 0 aromatic heterocycles. The second-order valence-corrected chi connectivity index (χ2v) is 5.01. The molecule has 4 nitrogen and oxygen atoms in total. The lowest BCUT2D eigenvalue weighted by atomic mass is 9.85. The second-order valence-electron chi connectivity index (χ2n) is 5.01. The number of hydrogen-bond acceptors (Lipinski definition) is 3. The van der Waals surface area contributed by atoms with Gasteiger partial charge in [0.1, 0.15) is 0 Å². The van der Waals surface area contributed by atoms with E-state index in [1.54, 1.807) is 6.92 Å². The molecule has 1 N–H and O–H groups in total. The third-order valence-electron chi connectivity index (χ3n) is 3.19. The summed E-state index contributed by atoms with van der Waals surface area (Å²) < 4.78 is 41.9. The Morgan fingerprint density at radius 3 is 2.14 bits per heavy atom. The number of esters is 1. The summed E-state index contributed by atoms with van der Waals surface area (Å²) in [5.74, 6) is -4.47. The van der Waals surface area contributed by atoms with Crippen molar-refractivity contribution in [2.24, 2.45) is 11.8 Å². The zero-order valence-electron chi connectivity index (χ0n) is 12.4. The fourth-order valence-electron chi connectivity index (χ4n) is 2.03. The number of carboxylic acids is 1. The van der Waals surface area contributed by atoms with Gasteiger partial charge < -0.3 is 9.84 Å².